The Morgan fingerprint density at radius 1 is 0.860 bits per heavy atom. The van der Waals surface area contributed by atoms with Crippen molar-refractivity contribution >= 4 is 50.6 Å². The number of aryl methyl sites for hydroxylation is 2. The molecule has 0 amide bonds. The van der Waals surface area contributed by atoms with Gasteiger partial charge in [-0.3, -0.25) is 4.79 Å². The predicted octanol–water partition coefficient (Wildman–Crippen LogP) is 9.90. The van der Waals surface area contributed by atoms with Gasteiger partial charge < -0.3 is 9.57 Å². The first-order chi connectivity index (χ1) is 23.8. The number of alkyl halides is 3. The van der Waals surface area contributed by atoms with Crippen LogP contribution < -0.4 is 10.3 Å². The maximum atomic E-state index is 14.1. The molecule has 0 radical (unpaired) electrons. The van der Waals surface area contributed by atoms with Gasteiger partial charge in [-0.25, -0.2) is 13.2 Å². The minimum Gasteiger partial charge on any atom is -0.385 e. The van der Waals surface area contributed by atoms with Gasteiger partial charge >= 0.3 is 5.97 Å². The van der Waals surface area contributed by atoms with Crippen molar-refractivity contribution in [2.24, 2.45) is 0 Å². The number of sulfone groups is 1. The normalized spacial score (nSPS) is 12.1. The van der Waals surface area contributed by atoms with E-state index in [0.717, 1.165) is 81.9 Å². The number of benzene rings is 2. The molecule has 274 valence electrons. The van der Waals surface area contributed by atoms with Crippen molar-refractivity contribution < 1.29 is 22.8 Å². The largest absolute Gasteiger partial charge is 0.385 e. The van der Waals surface area contributed by atoms with Crippen molar-refractivity contribution in [2.75, 3.05) is 19.5 Å². The first-order valence-electron chi connectivity index (χ1n) is 17.5. The van der Waals surface area contributed by atoms with Gasteiger partial charge in [-0.05, 0) is 105 Å². The first-order valence-corrected chi connectivity index (χ1v) is 20.2. The van der Waals surface area contributed by atoms with E-state index < -0.39 is 19.6 Å². The summed E-state index contributed by atoms with van der Waals surface area (Å²) >= 11 is 17.3. The Morgan fingerprint density at radius 3 is 2.24 bits per heavy atom. The highest BCUT2D eigenvalue weighted by atomic mass is 35.6. The number of pyridine rings is 1. The molecule has 2 aromatic carbocycles. The number of carbonyl (C=O) groups is 1. The van der Waals surface area contributed by atoms with Gasteiger partial charge in [0.15, 0.2) is 19.1 Å². The highest BCUT2D eigenvalue weighted by Crippen LogP contribution is 2.32. The van der Waals surface area contributed by atoms with Crippen LogP contribution in [0.25, 0.3) is 22.3 Å². The summed E-state index contributed by atoms with van der Waals surface area (Å²) in [6, 6.07) is 12.6. The molecule has 0 fully saturated rings. The standard InChI is InChI=1S/C39H50Cl3NO6S/c1-4-32-26-31(18-13-12-15-24-48-3)21-22-35(32)37-29-43(49-30(2)44)28-36(38(37)45)33-19-17-20-34(27-33)50(46,47)25-16-11-9-7-5-6-8-10-14-23-39(40,41)42/h5-6,17,19-22,26-29H,4,7-16,18,23-25H2,1-3H3/b6-5+. The van der Waals surface area contributed by atoms with Gasteiger partial charge in [-0.2, -0.15) is 4.73 Å². The SMILES string of the molecule is CCc1cc(CCCCCOC)ccc1-c1cn(OC(C)=O)cc(-c2cccc(S(=O)(=O)CCCCC/C=C/CCCCC(Cl)(Cl)Cl)c2)c1=O. The number of unbranched alkanes of at least 4 members (excludes halogenated alkanes) is 7. The molecule has 3 rings (SSSR count). The number of aromatic nitrogens is 1. The van der Waals surface area contributed by atoms with Crippen LogP contribution in [0.4, 0.5) is 0 Å². The topological polar surface area (TPSA) is 91.7 Å². The van der Waals surface area contributed by atoms with Crippen molar-refractivity contribution in [3.63, 3.8) is 0 Å². The zero-order chi connectivity index (χ0) is 36.6. The van der Waals surface area contributed by atoms with Crippen LogP contribution in [0.15, 0.2) is 76.7 Å². The minimum atomic E-state index is -3.59. The van der Waals surface area contributed by atoms with E-state index >= 15 is 0 Å². The summed E-state index contributed by atoms with van der Waals surface area (Å²) in [4.78, 5) is 31.6. The van der Waals surface area contributed by atoms with Gasteiger partial charge in [-0.1, -0.05) is 97.1 Å². The predicted molar refractivity (Wildman–Crippen MR) is 206 cm³/mol. The monoisotopic (exact) mass is 765 g/mol. The molecule has 0 atom stereocenters. The summed E-state index contributed by atoms with van der Waals surface area (Å²) in [5, 5.41) is 0. The second-order valence-corrected chi connectivity index (χ2v) is 17.2. The number of methoxy groups -OCH3 is 1. The van der Waals surface area contributed by atoms with Gasteiger partial charge in [0.05, 0.1) is 23.0 Å². The third-order valence-electron chi connectivity index (χ3n) is 8.43. The smallest absolute Gasteiger partial charge is 0.329 e. The van der Waals surface area contributed by atoms with E-state index in [-0.39, 0.29) is 21.6 Å². The fourth-order valence-corrected chi connectivity index (χ4v) is 7.61. The molecule has 11 heteroatoms. The maximum Gasteiger partial charge on any atom is 0.329 e. The van der Waals surface area contributed by atoms with E-state index in [2.05, 4.69) is 18.2 Å². The summed E-state index contributed by atoms with van der Waals surface area (Å²) in [5.41, 5.74) is 3.72. The number of nitrogens with zero attached hydrogens (tertiary/aromatic N) is 1. The molecule has 1 heterocycles. The molecule has 0 aliphatic heterocycles. The number of allylic oxidation sites excluding steroid dienone is 2. The summed E-state index contributed by atoms with van der Waals surface area (Å²) < 4.78 is 31.9. The Balaban J connectivity index is 1.74. The van der Waals surface area contributed by atoms with Crippen molar-refractivity contribution in [3.8, 4) is 22.3 Å². The number of hydrogen-bond donors (Lipinski definition) is 0. The van der Waals surface area contributed by atoms with Crippen LogP contribution in [0.2, 0.25) is 0 Å². The summed E-state index contributed by atoms with van der Waals surface area (Å²) in [7, 11) is -1.88. The second-order valence-electron chi connectivity index (χ2n) is 12.5. The molecule has 0 N–H and O–H groups in total. The van der Waals surface area contributed by atoms with Gasteiger partial charge in [0.2, 0.25) is 0 Å². The second kappa shape index (κ2) is 21.0. The average Bonchev–Trinajstić information content (AvgIpc) is 3.07. The van der Waals surface area contributed by atoms with E-state index in [9.17, 15) is 18.0 Å². The summed E-state index contributed by atoms with van der Waals surface area (Å²) in [5.74, 6) is -0.540. The number of ether oxygens (including phenoxy) is 1. The van der Waals surface area contributed by atoms with Crippen molar-refractivity contribution in [1.29, 1.82) is 0 Å². The van der Waals surface area contributed by atoms with Gasteiger partial charge in [0.25, 0.3) is 0 Å². The highest BCUT2D eigenvalue weighted by molar-refractivity contribution is 7.91. The lowest BCUT2D eigenvalue weighted by molar-refractivity contribution is -0.141. The first kappa shape index (κ1) is 41.8. The molecular formula is C39H50Cl3NO6S. The molecule has 0 bridgehead atoms. The molecule has 7 nitrogen and oxygen atoms in total. The number of hydrogen-bond acceptors (Lipinski definition) is 6. The van der Waals surface area contributed by atoms with Crippen LogP contribution in [-0.4, -0.2) is 42.4 Å². The van der Waals surface area contributed by atoms with E-state index in [1.807, 2.05) is 19.1 Å². The number of rotatable bonds is 21. The number of carbonyl (C=O) groups excluding carboxylic acids is 1. The molecular weight excluding hydrogens is 717 g/mol. The lowest BCUT2D eigenvalue weighted by Gasteiger charge is -2.15. The van der Waals surface area contributed by atoms with Gasteiger partial charge in [-0.15, -0.1) is 0 Å². The third kappa shape index (κ3) is 14.2. The van der Waals surface area contributed by atoms with Crippen molar-refractivity contribution in [2.45, 2.75) is 106 Å². The number of halogens is 3. The fourth-order valence-electron chi connectivity index (χ4n) is 5.79. The lowest BCUT2D eigenvalue weighted by atomic mass is 9.93. The molecule has 0 saturated carbocycles. The molecule has 0 spiro atoms. The Bertz CT molecular complexity index is 1730. The lowest BCUT2D eigenvalue weighted by Crippen LogP contribution is -2.21. The quantitative estimate of drug-likeness (QED) is 0.0609. The zero-order valence-electron chi connectivity index (χ0n) is 29.4. The Kier molecular flexibility index (Phi) is 17.6. The van der Waals surface area contributed by atoms with Crippen molar-refractivity contribution in [3.05, 3.63) is 88.4 Å². The Hall–Kier alpha value is -2.62. The van der Waals surface area contributed by atoms with Gasteiger partial charge in [0.1, 0.15) is 0 Å². The molecule has 1 aromatic heterocycles. The third-order valence-corrected chi connectivity index (χ3v) is 10.8. The van der Waals surface area contributed by atoms with E-state index in [0.29, 0.717) is 30.4 Å². The summed E-state index contributed by atoms with van der Waals surface area (Å²) in [6.07, 6.45) is 18.3. The van der Waals surface area contributed by atoms with Crippen LogP contribution in [0.3, 0.4) is 0 Å². The average molecular weight is 767 g/mol. The highest BCUT2D eigenvalue weighted by Gasteiger charge is 2.20. The zero-order valence-corrected chi connectivity index (χ0v) is 32.5. The molecule has 0 saturated heterocycles. The minimum absolute atomic E-state index is 0.00745. The fraction of sp³-hybridized carbons (Fsp3) is 0.487. The van der Waals surface area contributed by atoms with Crippen LogP contribution in [0, 0.1) is 0 Å². The van der Waals surface area contributed by atoms with Gasteiger partial charge in [0, 0.05) is 31.8 Å². The van der Waals surface area contributed by atoms with Crippen LogP contribution in [0.1, 0.15) is 95.6 Å². The Morgan fingerprint density at radius 2 is 1.56 bits per heavy atom. The summed E-state index contributed by atoms with van der Waals surface area (Å²) in [6.45, 7) is 4.08. The van der Waals surface area contributed by atoms with E-state index in [1.165, 1.54) is 35.7 Å². The molecule has 3 aromatic rings. The molecule has 0 aliphatic carbocycles. The Labute approximate surface area is 312 Å². The van der Waals surface area contributed by atoms with Crippen LogP contribution in [0.5, 0.6) is 0 Å². The molecule has 50 heavy (non-hydrogen) atoms. The maximum absolute atomic E-state index is 14.1. The van der Waals surface area contributed by atoms with E-state index in [4.69, 9.17) is 44.4 Å². The molecule has 0 aliphatic rings. The molecule has 0 unspecified atom stereocenters. The van der Waals surface area contributed by atoms with E-state index in [1.54, 1.807) is 25.3 Å². The van der Waals surface area contributed by atoms with Crippen molar-refractivity contribution in [1.82, 2.24) is 4.73 Å². The van der Waals surface area contributed by atoms with Crippen LogP contribution in [-0.2, 0) is 32.2 Å². The van der Waals surface area contributed by atoms with Crippen LogP contribution >= 0.6 is 34.8 Å².